The van der Waals surface area contributed by atoms with Gasteiger partial charge in [0.05, 0.1) is 5.71 Å². The van der Waals surface area contributed by atoms with Crippen LogP contribution in [0.5, 0.6) is 5.75 Å². The third-order valence-corrected chi connectivity index (χ3v) is 2.63. The molecular formula is C14H13FN2O2. The highest BCUT2D eigenvalue weighted by molar-refractivity contribution is 6.00. The van der Waals surface area contributed by atoms with Crippen molar-refractivity contribution in [3.05, 3.63) is 59.7 Å². The summed E-state index contributed by atoms with van der Waals surface area (Å²) in [6.07, 6.45) is 3.34. The molecule has 0 spiro atoms. The minimum atomic E-state index is -0.408. The lowest BCUT2D eigenvalue weighted by Gasteiger charge is -2.10. The van der Waals surface area contributed by atoms with Crippen molar-refractivity contribution in [3.63, 3.8) is 0 Å². The summed E-state index contributed by atoms with van der Waals surface area (Å²) in [6, 6.07) is 7.75. The van der Waals surface area contributed by atoms with Gasteiger partial charge >= 0.3 is 0 Å². The fraction of sp³-hybridized carbons (Fsp3) is 0.143. The summed E-state index contributed by atoms with van der Waals surface area (Å²) in [4.78, 5) is 3.91. The number of pyridine rings is 1. The third kappa shape index (κ3) is 3.28. The van der Waals surface area contributed by atoms with Crippen molar-refractivity contribution in [2.75, 3.05) is 0 Å². The van der Waals surface area contributed by atoms with Gasteiger partial charge in [0.2, 0.25) is 0 Å². The number of hydrogen-bond donors (Lipinski definition) is 1. The van der Waals surface area contributed by atoms with Crippen LogP contribution in [0.1, 0.15) is 18.1 Å². The first-order valence-corrected chi connectivity index (χ1v) is 5.71. The molecule has 0 aliphatic carbocycles. The van der Waals surface area contributed by atoms with Crippen LogP contribution < -0.4 is 4.74 Å². The van der Waals surface area contributed by atoms with Gasteiger partial charge in [-0.15, -0.1) is 0 Å². The second-order valence-electron chi connectivity index (χ2n) is 3.97. The summed E-state index contributed by atoms with van der Waals surface area (Å²) in [5, 5.41) is 11.9. The molecule has 98 valence electrons. The summed E-state index contributed by atoms with van der Waals surface area (Å²) in [6.45, 7) is 1.91. The molecule has 0 aliphatic heterocycles. The zero-order valence-corrected chi connectivity index (χ0v) is 10.4. The second-order valence-corrected chi connectivity index (χ2v) is 3.97. The third-order valence-electron chi connectivity index (χ3n) is 2.63. The predicted octanol–water partition coefficient (Wildman–Crippen LogP) is 3.00. The Bertz CT molecular complexity index is 585. The van der Waals surface area contributed by atoms with Crippen molar-refractivity contribution in [2.24, 2.45) is 5.16 Å². The normalized spacial score (nSPS) is 11.4. The Hall–Kier alpha value is -2.43. The van der Waals surface area contributed by atoms with E-state index in [2.05, 4.69) is 10.1 Å². The first-order valence-electron chi connectivity index (χ1n) is 5.71. The van der Waals surface area contributed by atoms with E-state index in [9.17, 15) is 4.39 Å². The Labute approximate surface area is 110 Å². The molecule has 1 aromatic heterocycles. The summed E-state index contributed by atoms with van der Waals surface area (Å²) in [5.41, 5.74) is 1.67. The Morgan fingerprint density at radius 1 is 1.32 bits per heavy atom. The van der Waals surface area contributed by atoms with Gasteiger partial charge in [0.1, 0.15) is 18.2 Å². The number of hydrogen-bond acceptors (Lipinski definition) is 4. The van der Waals surface area contributed by atoms with Gasteiger partial charge in [-0.25, -0.2) is 4.39 Å². The van der Waals surface area contributed by atoms with Gasteiger partial charge in [0, 0.05) is 18.0 Å². The standard InChI is InChI=1S/C14H13FN2O2/c1-10(17-18)13-8-12(15)2-3-14(13)19-9-11-4-6-16-7-5-11/h2-8,18H,9H2,1H3. The van der Waals surface area contributed by atoms with E-state index >= 15 is 0 Å². The molecule has 5 heteroatoms. The Balaban J connectivity index is 2.20. The minimum absolute atomic E-state index is 0.296. The maximum Gasteiger partial charge on any atom is 0.129 e. The van der Waals surface area contributed by atoms with Crippen molar-refractivity contribution < 1.29 is 14.3 Å². The van der Waals surface area contributed by atoms with Crippen LogP contribution in [0, 0.1) is 5.82 Å². The number of rotatable bonds is 4. The molecule has 0 unspecified atom stereocenters. The zero-order valence-electron chi connectivity index (χ0n) is 10.4. The Morgan fingerprint density at radius 2 is 2.05 bits per heavy atom. The fourth-order valence-electron chi connectivity index (χ4n) is 1.60. The molecule has 0 fully saturated rings. The second kappa shape index (κ2) is 5.95. The average molecular weight is 260 g/mol. The van der Waals surface area contributed by atoms with E-state index in [1.54, 1.807) is 19.3 Å². The molecule has 2 aromatic rings. The van der Waals surface area contributed by atoms with E-state index in [4.69, 9.17) is 9.94 Å². The number of aromatic nitrogens is 1. The lowest BCUT2D eigenvalue weighted by molar-refractivity contribution is 0.302. The van der Waals surface area contributed by atoms with E-state index in [0.717, 1.165) is 5.56 Å². The topological polar surface area (TPSA) is 54.7 Å². The molecule has 0 amide bonds. The monoisotopic (exact) mass is 260 g/mol. The van der Waals surface area contributed by atoms with Crippen molar-refractivity contribution in [3.8, 4) is 5.75 Å². The molecule has 0 radical (unpaired) electrons. The van der Waals surface area contributed by atoms with E-state index < -0.39 is 5.82 Å². The van der Waals surface area contributed by atoms with Crippen LogP contribution in [0.3, 0.4) is 0 Å². The van der Waals surface area contributed by atoms with Gasteiger partial charge < -0.3 is 9.94 Å². The molecule has 4 nitrogen and oxygen atoms in total. The molecule has 2 rings (SSSR count). The first-order chi connectivity index (χ1) is 9.20. The molecule has 0 saturated heterocycles. The van der Waals surface area contributed by atoms with E-state index in [1.807, 2.05) is 12.1 Å². The van der Waals surface area contributed by atoms with Crippen LogP contribution in [0.2, 0.25) is 0 Å². The quantitative estimate of drug-likeness (QED) is 0.522. The molecule has 0 aliphatic rings. The molecular weight excluding hydrogens is 247 g/mol. The highest BCUT2D eigenvalue weighted by Crippen LogP contribution is 2.21. The van der Waals surface area contributed by atoms with E-state index in [-0.39, 0.29) is 0 Å². The highest BCUT2D eigenvalue weighted by atomic mass is 19.1. The molecule has 1 heterocycles. The van der Waals surface area contributed by atoms with Crippen LogP contribution in [-0.2, 0) is 6.61 Å². The predicted molar refractivity (Wildman–Crippen MR) is 69.0 cm³/mol. The van der Waals surface area contributed by atoms with Crippen molar-refractivity contribution in [1.29, 1.82) is 0 Å². The van der Waals surface area contributed by atoms with E-state index in [0.29, 0.717) is 23.6 Å². The molecule has 19 heavy (non-hydrogen) atoms. The van der Waals surface area contributed by atoms with Crippen LogP contribution in [0.4, 0.5) is 4.39 Å². The summed E-state index contributed by atoms with van der Waals surface area (Å²) in [5.74, 6) is 0.0581. The first kappa shape index (κ1) is 13.0. The van der Waals surface area contributed by atoms with E-state index in [1.165, 1.54) is 18.2 Å². The minimum Gasteiger partial charge on any atom is -0.488 e. The van der Waals surface area contributed by atoms with Gasteiger partial charge in [-0.05, 0) is 42.8 Å². The summed E-state index contributed by atoms with van der Waals surface area (Å²) >= 11 is 0. The fourth-order valence-corrected chi connectivity index (χ4v) is 1.60. The SMILES string of the molecule is CC(=NO)c1cc(F)ccc1OCc1ccncc1. The number of nitrogens with zero attached hydrogens (tertiary/aromatic N) is 2. The van der Waals surface area contributed by atoms with Crippen LogP contribution in [-0.4, -0.2) is 15.9 Å². The van der Waals surface area contributed by atoms with Gasteiger partial charge in [-0.2, -0.15) is 0 Å². The Kier molecular flexibility index (Phi) is 4.07. The van der Waals surface area contributed by atoms with Crippen molar-refractivity contribution >= 4 is 5.71 Å². The Morgan fingerprint density at radius 3 is 2.74 bits per heavy atom. The van der Waals surface area contributed by atoms with Gasteiger partial charge in [0.25, 0.3) is 0 Å². The number of ether oxygens (including phenoxy) is 1. The summed E-state index contributed by atoms with van der Waals surface area (Å²) in [7, 11) is 0. The number of oxime groups is 1. The highest BCUT2D eigenvalue weighted by Gasteiger charge is 2.09. The average Bonchev–Trinajstić information content (AvgIpc) is 2.46. The maximum atomic E-state index is 13.2. The van der Waals surface area contributed by atoms with Gasteiger partial charge in [-0.3, -0.25) is 4.98 Å². The van der Waals surface area contributed by atoms with Crippen LogP contribution in [0.25, 0.3) is 0 Å². The zero-order chi connectivity index (χ0) is 13.7. The lowest BCUT2D eigenvalue weighted by atomic mass is 10.1. The molecule has 0 atom stereocenters. The largest absolute Gasteiger partial charge is 0.488 e. The number of halogens is 1. The molecule has 1 aromatic carbocycles. The summed E-state index contributed by atoms with van der Waals surface area (Å²) < 4.78 is 18.8. The maximum absolute atomic E-state index is 13.2. The number of benzene rings is 1. The van der Waals surface area contributed by atoms with Gasteiger partial charge in [-0.1, -0.05) is 5.16 Å². The molecule has 1 N–H and O–H groups in total. The van der Waals surface area contributed by atoms with Crippen LogP contribution >= 0.6 is 0 Å². The van der Waals surface area contributed by atoms with Crippen molar-refractivity contribution in [2.45, 2.75) is 13.5 Å². The smallest absolute Gasteiger partial charge is 0.129 e. The molecule has 0 saturated carbocycles. The van der Waals surface area contributed by atoms with Gasteiger partial charge in [0.15, 0.2) is 0 Å². The van der Waals surface area contributed by atoms with Crippen LogP contribution in [0.15, 0.2) is 47.9 Å². The lowest BCUT2D eigenvalue weighted by Crippen LogP contribution is -2.03. The molecule has 0 bridgehead atoms. The van der Waals surface area contributed by atoms with Crippen molar-refractivity contribution in [1.82, 2.24) is 4.98 Å².